The number of halogens is 1. The fourth-order valence-corrected chi connectivity index (χ4v) is 3.84. The number of hydrogen-bond donors (Lipinski definition) is 2. The Balaban J connectivity index is 1.62. The number of carbonyl (C=O) groups is 1. The maximum atomic E-state index is 12.5. The summed E-state index contributed by atoms with van der Waals surface area (Å²) in [5.41, 5.74) is 8.97. The van der Waals surface area contributed by atoms with Crippen molar-refractivity contribution in [3.05, 3.63) is 70.4 Å². The van der Waals surface area contributed by atoms with Gasteiger partial charge in [0, 0.05) is 47.9 Å². The molecule has 2 aromatic rings. The first-order chi connectivity index (χ1) is 13.2. The molecule has 0 bridgehead atoms. The van der Waals surface area contributed by atoms with E-state index >= 15 is 0 Å². The van der Waals surface area contributed by atoms with Crippen LogP contribution in [0.25, 0.3) is 0 Å². The summed E-state index contributed by atoms with van der Waals surface area (Å²) in [4.78, 5) is 14.9. The zero-order valence-corrected chi connectivity index (χ0v) is 17.1. The molecule has 0 unspecified atom stereocenters. The molecule has 0 saturated heterocycles. The standard InChI is InChI=1S/C20H22ClN3O3S/c1-28(26,27)17-8-2-14(3-9-17)12-24-11-10-18(19(22)13-24)20(25)23-16-6-4-15(21)5-7-16/h2-9H,10-13,22H2,1H3,(H,23,25). The molecule has 3 rings (SSSR count). The summed E-state index contributed by atoms with van der Waals surface area (Å²) < 4.78 is 23.1. The predicted octanol–water partition coefficient (Wildman–Crippen LogP) is 2.80. The van der Waals surface area contributed by atoms with Gasteiger partial charge in [0.15, 0.2) is 9.84 Å². The largest absolute Gasteiger partial charge is 0.401 e. The number of rotatable bonds is 5. The number of amides is 1. The lowest BCUT2D eigenvalue weighted by atomic mass is 10.0. The molecular weight excluding hydrogens is 398 g/mol. The van der Waals surface area contributed by atoms with Crippen LogP contribution in [0.1, 0.15) is 12.0 Å². The van der Waals surface area contributed by atoms with Gasteiger partial charge in [-0.15, -0.1) is 0 Å². The number of nitrogens with zero attached hydrogens (tertiary/aromatic N) is 1. The minimum Gasteiger partial charge on any atom is -0.401 e. The van der Waals surface area contributed by atoms with Crippen molar-refractivity contribution in [2.75, 3.05) is 24.7 Å². The lowest BCUT2D eigenvalue weighted by molar-refractivity contribution is -0.113. The molecule has 0 atom stereocenters. The summed E-state index contributed by atoms with van der Waals surface area (Å²) in [7, 11) is -3.20. The van der Waals surface area contributed by atoms with Crippen molar-refractivity contribution in [1.29, 1.82) is 0 Å². The summed E-state index contributed by atoms with van der Waals surface area (Å²) in [6, 6.07) is 13.7. The van der Waals surface area contributed by atoms with Crippen molar-refractivity contribution >= 4 is 33.0 Å². The van der Waals surface area contributed by atoms with Crippen molar-refractivity contribution in [1.82, 2.24) is 4.90 Å². The van der Waals surface area contributed by atoms with Crippen LogP contribution in [0.15, 0.2) is 64.7 Å². The molecule has 0 saturated carbocycles. The normalized spacial score (nSPS) is 15.5. The van der Waals surface area contributed by atoms with Crippen LogP contribution in [-0.2, 0) is 21.2 Å². The van der Waals surface area contributed by atoms with E-state index in [0.29, 0.717) is 52.9 Å². The maximum Gasteiger partial charge on any atom is 0.253 e. The lowest BCUT2D eigenvalue weighted by Crippen LogP contribution is -2.36. The molecule has 8 heteroatoms. The smallest absolute Gasteiger partial charge is 0.253 e. The summed E-state index contributed by atoms with van der Waals surface area (Å²) in [5.74, 6) is -0.197. The Labute approximate surface area is 169 Å². The van der Waals surface area contributed by atoms with E-state index in [-0.39, 0.29) is 5.91 Å². The molecule has 2 aromatic carbocycles. The first-order valence-electron chi connectivity index (χ1n) is 8.78. The number of sulfone groups is 1. The number of benzene rings is 2. The van der Waals surface area contributed by atoms with E-state index in [1.807, 2.05) is 0 Å². The van der Waals surface area contributed by atoms with Gasteiger partial charge in [0.1, 0.15) is 0 Å². The summed E-state index contributed by atoms with van der Waals surface area (Å²) in [5, 5.41) is 3.45. The lowest BCUT2D eigenvalue weighted by Gasteiger charge is -2.28. The molecule has 6 nitrogen and oxygen atoms in total. The minimum atomic E-state index is -3.20. The molecular formula is C20H22ClN3O3S. The quantitative estimate of drug-likeness (QED) is 0.777. The summed E-state index contributed by atoms with van der Waals surface area (Å²) >= 11 is 5.86. The number of anilines is 1. The Morgan fingerprint density at radius 1 is 1.14 bits per heavy atom. The molecule has 0 radical (unpaired) electrons. The molecule has 1 heterocycles. The highest BCUT2D eigenvalue weighted by Gasteiger charge is 2.22. The topological polar surface area (TPSA) is 92.5 Å². The van der Waals surface area contributed by atoms with Crippen LogP contribution in [0, 0.1) is 0 Å². The minimum absolute atomic E-state index is 0.197. The third-order valence-electron chi connectivity index (χ3n) is 4.59. The highest BCUT2D eigenvalue weighted by molar-refractivity contribution is 7.90. The van der Waals surface area contributed by atoms with Gasteiger partial charge in [0.2, 0.25) is 0 Å². The second-order valence-corrected chi connectivity index (χ2v) is 9.29. The van der Waals surface area contributed by atoms with Gasteiger partial charge in [-0.05, 0) is 48.4 Å². The molecule has 0 fully saturated rings. The Morgan fingerprint density at radius 2 is 1.79 bits per heavy atom. The Bertz CT molecular complexity index is 1000. The zero-order valence-electron chi connectivity index (χ0n) is 15.5. The fourth-order valence-electron chi connectivity index (χ4n) is 3.08. The fraction of sp³-hybridized carbons (Fsp3) is 0.250. The first-order valence-corrected chi connectivity index (χ1v) is 11.0. The number of carbonyl (C=O) groups excluding carboxylic acids is 1. The van der Waals surface area contributed by atoms with Crippen molar-refractivity contribution in [3.8, 4) is 0 Å². The van der Waals surface area contributed by atoms with Gasteiger partial charge in [-0.25, -0.2) is 8.42 Å². The molecule has 1 aliphatic rings. The highest BCUT2D eigenvalue weighted by Crippen LogP contribution is 2.20. The predicted molar refractivity (Wildman–Crippen MR) is 111 cm³/mol. The molecule has 0 aliphatic carbocycles. The van der Waals surface area contributed by atoms with E-state index in [2.05, 4.69) is 10.2 Å². The molecule has 1 amide bonds. The molecule has 28 heavy (non-hydrogen) atoms. The summed E-state index contributed by atoms with van der Waals surface area (Å²) in [6.45, 7) is 1.81. The molecule has 0 spiro atoms. The van der Waals surface area contributed by atoms with Gasteiger partial charge >= 0.3 is 0 Å². The van der Waals surface area contributed by atoms with E-state index in [0.717, 1.165) is 5.56 Å². The third-order valence-corrected chi connectivity index (χ3v) is 5.97. The van der Waals surface area contributed by atoms with Crippen molar-refractivity contribution < 1.29 is 13.2 Å². The van der Waals surface area contributed by atoms with Crippen LogP contribution in [0.2, 0.25) is 5.02 Å². The maximum absolute atomic E-state index is 12.5. The van der Waals surface area contributed by atoms with E-state index in [1.54, 1.807) is 48.5 Å². The first kappa shape index (κ1) is 20.4. The van der Waals surface area contributed by atoms with Gasteiger partial charge in [-0.3, -0.25) is 9.69 Å². The van der Waals surface area contributed by atoms with Crippen LogP contribution in [0.5, 0.6) is 0 Å². The monoisotopic (exact) mass is 419 g/mol. The van der Waals surface area contributed by atoms with Gasteiger partial charge in [0.25, 0.3) is 5.91 Å². The third kappa shape index (κ3) is 5.13. The van der Waals surface area contributed by atoms with Crippen molar-refractivity contribution in [2.45, 2.75) is 17.9 Å². The number of nitrogens with two attached hydrogens (primary N) is 1. The van der Waals surface area contributed by atoms with Crippen molar-refractivity contribution in [2.24, 2.45) is 5.73 Å². The van der Waals surface area contributed by atoms with Crippen LogP contribution >= 0.6 is 11.6 Å². The SMILES string of the molecule is CS(=O)(=O)c1ccc(CN2CCC(C(=O)Nc3ccc(Cl)cc3)=C(N)C2)cc1. The van der Waals surface area contributed by atoms with E-state index in [9.17, 15) is 13.2 Å². The van der Waals surface area contributed by atoms with Crippen LogP contribution in [0.3, 0.4) is 0 Å². The van der Waals surface area contributed by atoms with Gasteiger partial charge in [-0.1, -0.05) is 23.7 Å². The van der Waals surface area contributed by atoms with Gasteiger partial charge in [0.05, 0.1) is 4.90 Å². The van der Waals surface area contributed by atoms with Crippen LogP contribution < -0.4 is 11.1 Å². The number of hydrogen-bond acceptors (Lipinski definition) is 5. The Kier molecular flexibility index (Phi) is 6.07. The Hall–Kier alpha value is -2.35. The second-order valence-electron chi connectivity index (χ2n) is 6.84. The van der Waals surface area contributed by atoms with Gasteiger partial charge < -0.3 is 11.1 Å². The second kappa shape index (κ2) is 8.34. The average molecular weight is 420 g/mol. The van der Waals surface area contributed by atoms with E-state index in [1.165, 1.54) is 6.26 Å². The number of nitrogens with one attached hydrogen (secondary N) is 1. The molecule has 0 aromatic heterocycles. The Morgan fingerprint density at radius 3 is 2.36 bits per heavy atom. The van der Waals surface area contributed by atoms with Crippen molar-refractivity contribution in [3.63, 3.8) is 0 Å². The average Bonchev–Trinajstić information content (AvgIpc) is 2.63. The zero-order chi connectivity index (χ0) is 20.3. The van der Waals surface area contributed by atoms with Crippen LogP contribution in [0.4, 0.5) is 5.69 Å². The summed E-state index contributed by atoms with van der Waals surface area (Å²) in [6.07, 6.45) is 1.74. The highest BCUT2D eigenvalue weighted by atomic mass is 35.5. The molecule has 148 valence electrons. The van der Waals surface area contributed by atoms with Gasteiger partial charge in [-0.2, -0.15) is 0 Å². The van der Waals surface area contributed by atoms with E-state index < -0.39 is 9.84 Å². The van der Waals surface area contributed by atoms with E-state index in [4.69, 9.17) is 17.3 Å². The molecule has 1 aliphatic heterocycles. The van der Waals surface area contributed by atoms with Crippen LogP contribution in [-0.4, -0.2) is 38.6 Å². The molecule has 3 N–H and O–H groups in total.